The molecule has 1 aliphatic rings. The van der Waals surface area contributed by atoms with Crippen molar-refractivity contribution in [1.29, 1.82) is 0 Å². The molecule has 0 aromatic heterocycles. The van der Waals surface area contributed by atoms with Crippen LogP contribution in [0.3, 0.4) is 0 Å². The van der Waals surface area contributed by atoms with Crippen LogP contribution in [0.1, 0.15) is 284 Å². The van der Waals surface area contributed by atoms with Crippen LogP contribution in [0.4, 0.5) is 0 Å². The molecule has 0 saturated carbocycles. The predicted octanol–water partition coefficient (Wildman–Crippen LogP) is 16.5. The maximum atomic E-state index is 13.4. The molecule has 0 spiro atoms. The molecule has 1 heterocycles. The van der Waals surface area contributed by atoms with Crippen LogP contribution >= 0.6 is 0 Å². The quantitative estimate of drug-likeness (QED) is 0.0195. The van der Waals surface area contributed by atoms with Crippen molar-refractivity contribution >= 4 is 11.9 Å². The summed E-state index contributed by atoms with van der Waals surface area (Å²) in [5.41, 5.74) is 0. The summed E-state index contributed by atoms with van der Waals surface area (Å²) in [5, 5.41) is 57.1. The molecular weight excluding hydrogens is 1010 g/mol. The molecule has 1 rings (SSSR count). The van der Waals surface area contributed by atoms with E-state index in [1.165, 1.54) is 135 Å². The average molecular weight is 1140 g/mol. The minimum Gasteiger partial charge on any atom is -0.454 e. The summed E-state index contributed by atoms with van der Waals surface area (Å²) >= 11 is 0. The largest absolute Gasteiger partial charge is 0.454 e. The summed E-state index contributed by atoms with van der Waals surface area (Å²) in [6.07, 6.45) is 64.7. The summed E-state index contributed by atoms with van der Waals surface area (Å²) in [6.45, 7) is 5.73. The summed E-state index contributed by atoms with van der Waals surface area (Å²) in [4.78, 5) is 26.6. The van der Waals surface area contributed by atoms with E-state index < -0.39 is 67.4 Å². The van der Waals surface area contributed by atoms with Gasteiger partial charge in [-0.2, -0.15) is 0 Å². The predicted molar refractivity (Wildman–Crippen MR) is 338 cm³/mol. The van der Waals surface area contributed by atoms with Crippen LogP contribution in [-0.4, -0.2) is 99.6 Å². The molecule has 0 aromatic rings. The molecule has 11 nitrogen and oxygen atoms in total. The van der Waals surface area contributed by atoms with Gasteiger partial charge in [0.05, 0.1) is 25.4 Å². The van der Waals surface area contributed by atoms with Crippen molar-refractivity contribution in [3.05, 3.63) is 85.1 Å². The molecule has 0 bridgehead atoms. The van der Waals surface area contributed by atoms with Gasteiger partial charge in [0.15, 0.2) is 12.4 Å². The number of hydrogen-bond donors (Lipinski definition) is 6. The van der Waals surface area contributed by atoms with Crippen LogP contribution in [0.2, 0.25) is 0 Å². The Hall–Kier alpha value is -3.16. The Labute approximate surface area is 495 Å². The van der Waals surface area contributed by atoms with Gasteiger partial charge in [0.25, 0.3) is 0 Å². The molecular formula is C70H123NO10. The number of allylic oxidation sites excluding steroid dienone is 13. The van der Waals surface area contributed by atoms with E-state index in [1.807, 2.05) is 6.08 Å². The fourth-order valence-corrected chi connectivity index (χ4v) is 9.96. The third-order valence-corrected chi connectivity index (χ3v) is 15.3. The third kappa shape index (κ3) is 45.0. The smallest absolute Gasteiger partial charge is 0.306 e. The van der Waals surface area contributed by atoms with Crippen LogP contribution in [-0.2, 0) is 23.8 Å². The highest BCUT2D eigenvalue weighted by molar-refractivity contribution is 5.80. The molecule has 6 N–H and O–H groups in total. The Morgan fingerprint density at radius 2 is 0.852 bits per heavy atom. The van der Waals surface area contributed by atoms with E-state index in [0.717, 1.165) is 103 Å². The zero-order chi connectivity index (χ0) is 58.9. The van der Waals surface area contributed by atoms with E-state index in [-0.39, 0.29) is 19.4 Å². The van der Waals surface area contributed by atoms with Crippen LogP contribution < -0.4 is 5.32 Å². The van der Waals surface area contributed by atoms with Crippen LogP contribution in [0.5, 0.6) is 0 Å². The fourth-order valence-electron chi connectivity index (χ4n) is 9.96. The van der Waals surface area contributed by atoms with Gasteiger partial charge in [-0.1, -0.05) is 260 Å². The molecule has 8 atom stereocenters. The number of aliphatic hydroxyl groups excluding tert-OH is 5. The number of carbonyl (C=O) groups is 2. The second-order valence-electron chi connectivity index (χ2n) is 22.8. The number of aliphatic hydroxyl groups is 5. The van der Waals surface area contributed by atoms with Crippen molar-refractivity contribution < 1.29 is 49.3 Å². The zero-order valence-corrected chi connectivity index (χ0v) is 51.9. The Kier molecular flexibility index (Phi) is 53.6. The molecule has 1 fully saturated rings. The second kappa shape index (κ2) is 57.3. The van der Waals surface area contributed by atoms with Crippen molar-refractivity contribution in [1.82, 2.24) is 5.32 Å². The van der Waals surface area contributed by atoms with E-state index >= 15 is 0 Å². The van der Waals surface area contributed by atoms with Crippen LogP contribution in [0.25, 0.3) is 0 Å². The lowest BCUT2D eigenvalue weighted by Crippen LogP contribution is -2.61. The highest BCUT2D eigenvalue weighted by Gasteiger charge is 2.47. The standard InChI is InChI=1S/C70H123NO10/c1-4-7-10-13-16-19-22-24-26-28-30-32-34-36-38-40-43-46-49-52-55-58-65(75)81-68-67(77)66(76)64(59-72)80-70(68)79-60-61(62(73)56-53-50-47-44-41-21-18-15-12-9-6-3)71-69(78)63(74)57-54-51-48-45-42-39-37-35-33-31-29-27-25-23-20-17-14-11-8-5-2/h16-17,19-20,24-27,30,32,36,38,53,56,61-64,66-68,70,72-74,76-77H,4-15,18,21-23,28-29,31,33-35,37,39-52,54-55,57-60H2,1-3H3,(H,71,78)/b19-16-,20-17-,26-24-,27-25-,32-30-,38-36-,56-53+. The second-order valence-corrected chi connectivity index (χ2v) is 22.8. The summed E-state index contributed by atoms with van der Waals surface area (Å²) in [7, 11) is 0. The third-order valence-electron chi connectivity index (χ3n) is 15.3. The lowest BCUT2D eigenvalue weighted by molar-refractivity contribution is -0.305. The number of hydrogen-bond acceptors (Lipinski definition) is 10. The lowest BCUT2D eigenvalue weighted by Gasteiger charge is -2.41. The minimum absolute atomic E-state index is 0.0994. The summed E-state index contributed by atoms with van der Waals surface area (Å²) in [5.74, 6) is -1.22. The molecule has 1 aliphatic heterocycles. The number of ether oxygens (including phenoxy) is 3. The van der Waals surface area contributed by atoms with E-state index in [0.29, 0.717) is 12.8 Å². The average Bonchev–Trinajstić information content (AvgIpc) is 3.50. The van der Waals surface area contributed by atoms with Gasteiger partial charge < -0.3 is 45.1 Å². The maximum Gasteiger partial charge on any atom is 0.306 e. The van der Waals surface area contributed by atoms with Gasteiger partial charge >= 0.3 is 5.97 Å². The zero-order valence-electron chi connectivity index (χ0n) is 51.9. The topological polar surface area (TPSA) is 175 Å². The number of nitrogens with one attached hydrogen (secondary N) is 1. The van der Waals surface area contributed by atoms with Gasteiger partial charge in [0.1, 0.15) is 24.4 Å². The lowest BCUT2D eigenvalue weighted by atomic mass is 9.99. The molecule has 8 unspecified atom stereocenters. The highest BCUT2D eigenvalue weighted by atomic mass is 16.7. The highest BCUT2D eigenvalue weighted by Crippen LogP contribution is 2.26. The van der Waals surface area contributed by atoms with Crippen molar-refractivity contribution in [2.75, 3.05) is 13.2 Å². The Morgan fingerprint density at radius 3 is 1.30 bits per heavy atom. The van der Waals surface area contributed by atoms with Gasteiger partial charge in [-0.3, -0.25) is 9.59 Å². The Balaban J connectivity index is 2.63. The van der Waals surface area contributed by atoms with E-state index in [2.05, 4.69) is 99.0 Å². The maximum absolute atomic E-state index is 13.4. The fraction of sp³-hybridized carbons (Fsp3) is 0.771. The van der Waals surface area contributed by atoms with Crippen molar-refractivity contribution in [3.8, 4) is 0 Å². The van der Waals surface area contributed by atoms with Crippen LogP contribution in [0.15, 0.2) is 85.1 Å². The number of rotatable bonds is 56. The molecule has 11 heteroatoms. The number of amides is 1. The van der Waals surface area contributed by atoms with E-state index in [1.54, 1.807) is 6.08 Å². The first-order chi connectivity index (χ1) is 39.7. The van der Waals surface area contributed by atoms with Gasteiger partial charge in [0, 0.05) is 6.42 Å². The SMILES string of the molecule is CCCCC/C=C\C/C=C\C/C=C\C/C=C\CCCCCCCC(=O)OC1C(OCC(NC(=O)C(O)CCCCCCCCCCCC/C=C\C/C=C\CCCCC)C(O)/C=C/CCCCCCCCCCC)OC(CO)C(O)C1O. The Bertz CT molecular complexity index is 1640. The van der Waals surface area contributed by atoms with E-state index in [4.69, 9.17) is 14.2 Å². The Morgan fingerprint density at radius 1 is 0.481 bits per heavy atom. The van der Waals surface area contributed by atoms with Gasteiger partial charge in [-0.25, -0.2) is 0 Å². The van der Waals surface area contributed by atoms with Crippen molar-refractivity contribution in [2.45, 2.75) is 333 Å². The summed E-state index contributed by atoms with van der Waals surface area (Å²) < 4.78 is 17.6. The molecule has 0 aromatic carbocycles. The van der Waals surface area contributed by atoms with Gasteiger partial charge in [-0.05, 0) is 103 Å². The van der Waals surface area contributed by atoms with Gasteiger partial charge in [-0.15, -0.1) is 0 Å². The van der Waals surface area contributed by atoms with E-state index in [9.17, 15) is 35.1 Å². The van der Waals surface area contributed by atoms with Crippen molar-refractivity contribution in [3.63, 3.8) is 0 Å². The normalized spacial score (nSPS) is 19.2. The first-order valence-corrected chi connectivity index (χ1v) is 33.4. The molecule has 1 saturated heterocycles. The van der Waals surface area contributed by atoms with Crippen LogP contribution in [0, 0.1) is 0 Å². The van der Waals surface area contributed by atoms with Crippen molar-refractivity contribution in [2.24, 2.45) is 0 Å². The first-order valence-electron chi connectivity index (χ1n) is 33.4. The minimum atomic E-state index is -1.63. The molecule has 468 valence electrons. The summed E-state index contributed by atoms with van der Waals surface area (Å²) in [6, 6.07) is -1.03. The van der Waals surface area contributed by atoms with Gasteiger partial charge in [0.2, 0.25) is 5.91 Å². The molecule has 81 heavy (non-hydrogen) atoms. The number of esters is 1. The number of carbonyl (C=O) groups excluding carboxylic acids is 2. The first kappa shape index (κ1) is 75.9. The molecule has 1 amide bonds. The molecule has 0 radical (unpaired) electrons. The number of unbranched alkanes of at least 4 members (excludes halogenated alkanes) is 30. The monoisotopic (exact) mass is 1140 g/mol. The molecule has 0 aliphatic carbocycles.